The van der Waals surface area contributed by atoms with E-state index in [9.17, 15) is 9.59 Å². The van der Waals surface area contributed by atoms with Crippen molar-refractivity contribution in [2.75, 3.05) is 6.54 Å². The molecule has 0 aromatic rings. The number of esters is 1. The van der Waals surface area contributed by atoms with Gasteiger partial charge in [0.1, 0.15) is 6.10 Å². The number of rotatable bonds is 13. The molecule has 0 saturated heterocycles. The van der Waals surface area contributed by atoms with Crippen molar-refractivity contribution in [2.24, 2.45) is 0 Å². The Morgan fingerprint density at radius 3 is 2.10 bits per heavy atom. The zero-order valence-corrected chi connectivity index (χ0v) is 14.1. The molecule has 21 heavy (non-hydrogen) atoms. The van der Waals surface area contributed by atoms with Gasteiger partial charge in [0.2, 0.25) is 5.91 Å². The molecule has 1 amide bonds. The van der Waals surface area contributed by atoms with Gasteiger partial charge in [-0.25, -0.2) is 0 Å². The van der Waals surface area contributed by atoms with Gasteiger partial charge in [-0.2, -0.15) is 0 Å². The van der Waals surface area contributed by atoms with Crippen molar-refractivity contribution < 1.29 is 14.3 Å². The zero-order valence-electron chi connectivity index (χ0n) is 14.1. The monoisotopic (exact) mass is 299 g/mol. The number of hydrogen-bond donors (Lipinski definition) is 1. The van der Waals surface area contributed by atoms with Gasteiger partial charge >= 0.3 is 5.97 Å². The molecule has 0 aliphatic heterocycles. The van der Waals surface area contributed by atoms with Crippen molar-refractivity contribution in [2.45, 2.75) is 91.1 Å². The lowest BCUT2D eigenvalue weighted by Gasteiger charge is -2.17. The summed E-state index contributed by atoms with van der Waals surface area (Å²) >= 11 is 0. The largest absolute Gasteiger partial charge is 0.462 e. The van der Waals surface area contributed by atoms with Crippen molar-refractivity contribution >= 4 is 11.9 Å². The predicted molar refractivity (Wildman–Crippen MR) is 86.1 cm³/mol. The molecule has 4 nitrogen and oxygen atoms in total. The van der Waals surface area contributed by atoms with Crippen LogP contribution in [0.5, 0.6) is 0 Å². The lowest BCUT2D eigenvalue weighted by Crippen LogP contribution is -2.21. The van der Waals surface area contributed by atoms with Gasteiger partial charge in [0.15, 0.2) is 0 Å². The molecule has 0 aromatic carbocycles. The third-order valence-electron chi connectivity index (χ3n) is 3.49. The molecule has 0 rings (SSSR count). The van der Waals surface area contributed by atoms with Gasteiger partial charge in [-0.15, -0.1) is 0 Å². The van der Waals surface area contributed by atoms with Gasteiger partial charge in [-0.05, 0) is 25.7 Å². The normalized spacial score (nSPS) is 10.7. The van der Waals surface area contributed by atoms with Crippen LogP contribution in [0.25, 0.3) is 0 Å². The van der Waals surface area contributed by atoms with E-state index in [1.165, 1.54) is 6.92 Å². The van der Waals surface area contributed by atoms with Crippen molar-refractivity contribution in [3.63, 3.8) is 0 Å². The summed E-state index contributed by atoms with van der Waals surface area (Å²) in [6.07, 6.45) is 9.82. The van der Waals surface area contributed by atoms with Gasteiger partial charge in [0.05, 0.1) is 0 Å². The SMILES string of the molecule is CCCCC(CCCC)OC(=O)CCCCCNC(C)=O. The predicted octanol–water partition coefficient (Wildman–Crippen LogP) is 3.98. The second-order valence-corrected chi connectivity index (χ2v) is 5.69. The van der Waals surface area contributed by atoms with Gasteiger partial charge in [0.25, 0.3) is 0 Å². The first-order valence-corrected chi connectivity index (χ1v) is 8.54. The molecule has 0 aromatic heterocycles. The molecule has 0 unspecified atom stereocenters. The van der Waals surface area contributed by atoms with Gasteiger partial charge in [0, 0.05) is 19.9 Å². The standard InChI is InChI=1S/C17H33NO3/c1-4-6-11-16(12-7-5-2)21-17(20)13-9-8-10-14-18-15(3)19/h16H,4-14H2,1-3H3,(H,18,19). The molecule has 4 heteroatoms. The van der Waals surface area contributed by atoms with E-state index in [2.05, 4.69) is 19.2 Å². The minimum atomic E-state index is -0.0632. The number of unbranched alkanes of at least 4 members (excludes halogenated alkanes) is 4. The fraction of sp³-hybridized carbons (Fsp3) is 0.882. The zero-order chi connectivity index (χ0) is 15.9. The highest BCUT2D eigenvalue weighted by molar-refractivity contribution is 5.72. The highest BCUT2D eigenvalue weighted by Crippen LogP contribution is 2.14. The maximum absolute atomic E-state index is 11.8. The smallest absolute Gasteiger partial charge is 0.306 e. The molecule has 124 valence electrons. The van der Waals surface area contributed by atoms with Crippen LogP contribution in [-0.2, 0) is 14.3 Å². The number of carbonyl (C=O) groups excluding carboxylic acids is 2. The van der Waals surface area contributed by atoms with Gasteiger partial charge in [-0.1, -0.05) is 46.0 Å². The van der Waals surface area contributed by atoms with Crippen LogP contribution in [0, 0.1) is 0 Å². The Balaban J connectivity index is 3.73. The Labute approximate surface area is 130 Å². The Bertz CT molecular complexity index is 271. The van der Waals surface area contributed by atoms with Crippen molar-refractivity contribution in [1.82, 2.24) is 5.32 Å². The average Bonchev–Trinajstić information content (AvgIpc) is 2.45. The van der Waals surface area contributed by atoms with Crippen LogP contribution < -0.4 is 5.32 Å². The third-order valence-corrected chi connectivity index (χ3v) is 3.49. The minimum absolute atomic E-state index is 0.00380. The fourth-order valence-electron chi connectivity index (χ4n) is 2.21. The van der Waals surface area contributed by atoms with Crippen LogP contribution in [0.4, 0.5) is 0 Å². The van der Waals surface area contributed by atoms with Crippen molar-refractivity contribution in [1.29, 1.82) is 0 Å². The van der Waals surface area contributed by atoms with E-state index in [0.717, 1.165) is 57.8 Å². The molecule has 1 N–H and O–H groups in total. The van der Waals surface area contributed by atoms with Crippen LogP contribution >= 0.6 is 0 Å². The fourth-order valence-corrected chi connectivity index (χ4v) is 2.21. The van der Waals surface area contributed by atoms with E-state index in [1.807, 2.05) is 0 Å². The molecule has 0 heterocycles. The van der Waals surface area contributed by atoms with Crippen molar-refractivity contribution in [3.8, 4) is 0 Å². The Kier molecular flexibility index (Phi) is 13.2. The van der Waals surface area contributed by atoms with E-state index in [-0.39, 0.29) is 18.0 Å². The van der Waals surface area contributed by atoms with Gasteiger partial charge in [-0.3, -0.25) is 9.59 Å². The van der Waals surface area contributed by atoms with Gasteiger partial charge < -0.3 is 10.1 Å². The summed E-state index contributed by atoms with van der Waals surface area (Å²) in [7, 11) is 0. The van der Waals surface area contributed by atoms with E-state index < -0.39 is 0 Å². The van der Waals surface area contributed by atoms with E-state index in [4.69, 9.17) is 4.74 Å². The second kappa shape index (κ2) is 13.9. The number of amides is 1. The minimum Gasteiger partial charge on any atom is -0.462 e. The lowest BCUT2D eigenvalue weighted by molar-refractivity contribution is -0.150. The summed E-state index contributed by atoms with van der Waals surface area (Å²) in [6.45, 7) is 6.53. The van der Waals surface area contributed by atoms with E-state index in [1.54, 1.807) is 0 Å². The summed E-state index contributed by atoms with van der Waals surface area (Å²) in [5, 5.41) is 2.76. The van der Waals surface area contributed by atoms with Crippen LogP contribution in [0.1, 0.15) is 85.0 Å². The van der Waals surface area contributed by atoms with Crippen LogP contribution in [0.15, 0.2) is 0 Å². The topological polar surface area (TPSA) is 55.4 Å². The van der Waals surface area contributed by atoms with E-state index >= 15 is 0 Å². The summed E-state index contributed by atoms with van der Waals surface area (Å²) in [5.41, 5.74) is 0. The summed E-state index contributed by atoms with van der Waals surface area (Å²) in [4.78, 5) is 22.5. The molecule has 0 spiro atoms. The second-order valence-electron chi connectivity index (χ2n) is 5.69. The summed E-state index contributed by atoms with van der Waals surface area (Å²) in [6, 6.07) is 0. The first-order valence-electron chi connectivity index (χ1n) is 8.54. The molecular weight excluding hydrogens is 266 g/mol. The number of ether oxygens (including phenoxy) is 1. The van der Waals surface area contributed by atoms with Crippen LogP contribution in [0.2, 0.25) is 0 Å². The van der Waals surface area contributed by atoms with E-state index in [0.29, 0.717) is 13.0 Å². The first-order chi connectivity index (χ1) is 10.1. The molecule has 0 fully saturated rings. The Morgan fingerprint density at radius 2 is 1.57 bits per heavy atom. The molecule has 0 radical (unpaired) electrons. The Hall–Kier alpha value is -1.06. The van der Waals surface area contributed by atoms with Crippen LogP contribution in [-0.4, -0.2) is 24.5 Å². The maximum Gasteiger partial charge on any atom is 0.306 e. The van der Waals surface area contributed by atoms with Crippen molar-refractivity contribution in [3.05, 3.63) is 0 Å². The number of carbonyl (C=O) groups is 2. The summed E-state index contributed by atoms with van der Waals surface area (Å²) in [5.74, 6) is -0.0594. The number of hydrogen-bond acceptors (Lipinski definition) is 3. The third kappa shape index (κ3) is 13.7. The highest BCUT2D eigenvalue weighted by atomic mass is 16.5. The molecule has 0 aliphatic carbocycles. The van der Waals surface area contributed by atoms with Crippen LogP contribution in [0.3, 0.4) is 0 Å². The first kappa shape index (κ1) is 19.9. The molecule has 0 aliphatic rings. The molecular formula is C17H33NO3. The Morgan fingerprint density at radius 1 is 0.952 bits per heavy atom. The summed E-state index contributed by atoms with van der Waals surface area (Å²) < 4.78 is 5.59. The average molecular weight is 299 g/mol. The highest BCUT2D eigenvalue weighted by Gasteiger charge is 2.13. The quantitative estimate of drug-likeness (QED) is 0.413. The molecule has 0 atom stereocenters. The maximum atomic E-state index is 11.8. The lowest BCUT2D eigenvalue weighted by atomic mass is 10.1. The molecule has 0 saturated carbocycles. The number of nitrogens with one attached hydrogen (secondary N) is 1. The molecule has 0 bridgehead atoms.